The molecule has 0 saturated carbocycles. The van der Waals surface area contributed by atoms with Crippen LogP contribution in [0.4, 0.5) is 5.82 Å². The molecule has 0 bridgehead atoms. The summed E-state index contributed by atoms with van der Waals surface area (Å²) >= 11 is 0. The van der Waals surface area contributed by atoms with Gasteiger partial charge in [0.05, 0.1) is 7.05 Å². The van der Waals surface area contributed by atoms with E-state index in [-0.39, 0.29) is 5.91 Å². The van der Waals surface area contributed by atoms with Gasteiger partial charge in [-0.2, -0.15) is 4.98 Å². The van der Waals surface area contributed by atoms with Crippen LogP contribution >= 0.6 is 0 Å². The third-order valence-corrected chi connectivity index (χ3v) is 5.07. The number of aryl methyl sites for hydroxylation is 2. The van der Waals surface area contributed by atoms with Crippen molar-refractivity contribution < 1.29 is 4.79 Å². The fraction of sp³-hybridized carbons (Fsp3) is 0.476. The first-order valence-electron chi connectivity index (χ1n) is 9.45. The van der Waals surface area contributed by atoms with E-state index in [1.165, 1.54) is 12.0 Å². The van der Waals surface area contributed by atoms with Crippen LogP contribution in [0.5, 0.6) is 0 Å². The number of carbonyl (C=O) groups is 1. The highest BCUT2D eigenvalue weighted by Crippen LogP contribution is 2.24. The van der Waals surface area contributed by atoms with Gasteiger partial charge in [0.2, 0.25) is 5.82 Å². The first kappa shape index (κ1) is 18.5. The zero-order valence-corrected chi connectivity index (χ0v) is 16.1. The van der Waals surface area contributed by atoms with Crippen LogP contribution in [0.15, 0.2) is 36.4 Å². The lowest BCUT2D eigenvalue weighted by Gasteiger charge is -2.35. The second-order valence-electron chi connectivity index (χ2n) is 7.55. The van der Waals surface area contributed by atoms with E-state index in [0.29, 0.717) is 11.0 Å². The highest BCUT2D eigenvalue weighted by atomic mass is 16.2. The number of piperidine rings is 1. The number of likely N-dealkylation sites (tertiary alicyclic amines) is 1. The normalized spacial score (nSPS) is 17.0. The quantitative estimate of drug-likeness (QED) is 0.775. The van der Waals surface area contributed by atoms with Crippen LogP contribution < -0.4 is 4.48 Å². The molecule has 26 heavy (non-hydrogen) atoms. The molecular weight excluding hydrogens is 324 g/mol. The Kier molecular flexibility index (Phi) is 5.67. The van der Waals surface area contributed by atoms with Crippen molar-refractivity contribution >= 4 is 11.7 Å². The molecular formula is C21H29N4O+. The third kappa shape index (κ3) is 4.47. The summed E-state index contributed by atoms with van der Waals surface area (Å²) in [5, 5.41) is 0. The van der Waals surface area contributed by atoms with Crippen molar-refractivity contribution in [2.24, 2.45) is 0 Å². The van der Waals surface area contributed by atoms with E-state index in [9.17, 15) is 4.79 Å². The Balaban J connectivity index is 1.91. The van der Waals surface area contributed by atoms with Gasteiger partial charge in [0.15, 0.2) is 6.54 Å². The minimum atomic E-state index is 0.219. The second kappa shape index (κ2) is 7.96. The number of rotatable bonds is 5. The van der Waals surface area contributed by atoms with Crippen molar-refractivity contribution in [1.82, 2.24) is 19.4 Å². The van der Waals surface area contributed by atoms with Gasteiger partial charge in [-0.1, -0.05) is 30.3 Å². The predicted molar refractivity (Wildman–Crippen MR) is 105 cm³/mol. The molecule has 1 fully saturated rings. The standard InChI is InChI=1S/C21H29N4O/c1-17-14-20(23-18(2)22-17)25(3,15-19-10-6-4-7-11-19)16-21(26)24-12-8-5-9-13-24/h4,6-7,10-11,14H,5,8-9,12-13,15-16H2,1-3H3/q+1. The third-order valence-electron chi connectivity index (χ3n) is 5.07. The summed E-state index contributed by atoms with van der Waals surface area (Å²) in [7, 11) is 2.11. The molecule has 1 aromatic carbocycles. The van der Waals surface area contributed by atoms with Gasteiger partial charge in [-0.3, -0.25) is 9.28 Å². The maximum Gasteiger partial charge on any atom is 0.278 e. The summed E-state index contributed by atoms with van der Waals surface area (Å²) < 4.78 is 0.462. The Labute approximate surface area is 156 Å². The molecule has 1 aliphatic rings. The number of carbonyl (C=O) groups excluding carboxylic acids is 1. The summed E-state index contributed by atoms with van der Waals surface area (Å²) in [6.45, 7) is 6.81. The van der Waals surface area contributed by atoms with Crippen molar-refractivity contribution in [2.75, 3.05) is 26.7 Å². The average molecular weight is 353 g/mol. The Morgan fingerprint density at radius 1 is 1.08 bits per heavy atom. The number of quaternary nitrogens is 1. The SMILES string of the molecule is Cc1cc([N+](C)(CC(=O)N2CCCCC2)Cc2ccccc2)nc(C)n1. The predicted octanol–water partition coefficient (Wildman–Crippen LogP) is 3.24. The smallest absolute Gasteiger partial charge is 0.278 e. The molecule has 2 aromatic rings. The van der Waals surface area contributed by atoms with Crippen molar-refractivity contribution in [1.29, 1.82) is 0 Å². The van der Waals surface area contributed by atoms with Gasteiger partial charge in [-0.05, 0) is 33.1 Å². The zero-order valence-electron chi connectivity index (χ0n) is 16.1. The van der Waals surface area contributed by atoms with Gasteiger partial charge in [0, 0.05) is 30.4 Å². The van der Waals surface area contributed by atoms with Gasteiger partial charge < -0.3 is 4.90 Å². The van der Waals surface area contributed by atoms with E-state index in [1.54, 1.807) is 0 Å². The Bertz CT molecular complexity index is 736. The molecule has 0 aliphatic carbocycles. The van der Waals surface area contributed by atoms with Crippen molar-refractivity contribution in [3.05, 3.63) is 53.5 Å². The molecule has 1 atom stereocenters. The molecule has 5 heteroatoms. The van der Waals surface area contributed by atoms with Gasteiger partial charge in [0.25, 0.3) is 5.91 Å². The zero-order chi connectivity index (χ0) is 18.6. The summed E-state index contributed by atoms with van der Waals surface area (Å²) in [6.07, 6.45) is 3.45. The van der Waals surface area contributed by atoms with Crippen molar-refractivity contribution in [3.63, 3.8) is 0 Å². The van der Waals surface area contributed by atoms with E-state index in [0.717, 1.165) is 49.8 Å². The number of likely N-dealkylation sites (N-methyl/N-ethyl adjacent to an activating group) is 1. The minimum absolute atomic E-state index is 0.219. The van der Waals surface area contributed by atoms with E-state index in [1.807, 2.05) is 43.0 Å². The molecule has 0 N–H and O–H groups in total. The molecule has 2 heterocycles. The minimum Gasteiger partial charge on any atom is -0.338 e. The van der Waals surface area contributed by atoms with Crippen molar-refractivity contribution in [2.45, 2.75) is 39.7 Å². The summed E-state index contributed by atoms with van der Waals surface area (Å²) in [5.74, 6) is 1.88. The first-order valence-corrected chi connectivity index (χ1v) is 9.45. The van der Waals surface area contributed by atoms with Crippen molar-refractivity contribution in [3.8, 4) is 0 Å². The van der Waals surface area contributed by atoms with Gasteiger partial charge in [-0.15, -0.1) is 0 Å². The largest absolute Gasteiger partial charge is 0.338 e. The number of hydrogen-bond donors (Lipinski definition) is 0. The summed E-state index contributed by atoms with van der Waals surface area (Å²) in [4.78, 5) is 24.1. The molecule has 3 rings (SSSR count). The van der Waals surface area contributed by atoms with Crippen LogP contribution in [-0.2, 0) is 11.3 Å². The topological polar surface area (TPSA) is 46.1 Å². The van der Waals surface area contributed by atoms with Crippen LogP contribution in [0.1, 0.15) is 36.3 Å². The van der Waals surface area contributed by atoms with Crippen LogP contribution in [0, 0.1) is 13.8 Å². The molecule has 1 aromatic heterocycles. The Morgan fingerprint density at radius 2 is 1.77 bits per heavy atom. The molecule has 1 unspecified atom stereocenters. The highest BCUT2D eigenvalue weighted by Gasteiger charge is 2.33. The number of hydrogen-bond acceptors (Lipinski definition) is 3. The fourth-order valence-corrected chi connectivity index (χ4v) is 3.72. The maximum atomic E-state index is 13.0. The lowest BCUT2D eigenvalue weighted by atomic mass is 10.1. The highest BCUT2D eigenvalue weighted by molar-refractivity contribution is 5.80. The number of aromatic nitrogens is 2. The summed E-state index contributed by atoms with van der Waals surface area (Å²) in [6, 6.07) is 12.3. The Morgan fingerprint density at radius 3 is 2.42 bits per heavy atom. The molecule has 0 radical (unpaired) electrons. The number of nitrogens with zero attached hydrogens (tertiary/aromatic N) is 4. The second-order valence-corrected chi connectivity index (χ2v) is 7.55. The van der Waals surface area contributed by atoms with E-state index in [4.69, 9.17) is 4.98 Å². The lowest BCUT2D eigenvalue weighted by Crippen LogP contribution is -2.53. The molecule has 1 aliphatic heterocycles. The van der Waals surface area contributed by atoms with E-state index >= 15 is 0 Å². The molecule has 1 amide bonds. The first-order chi connectivity index (χ1) is 12.5. The number of amides is 1. The molecule has 138 valence electrons. The Hall–Kier alpha value is -2.27. The number of benzene rings is 1. The monoisotopic (exact) mass is 353 g/mol. The van der Waals surface area contributed by atoms with Crippen LogP contribution in [0.2, 0.25) is 0 Å². The van der Waals surface area contributed by atoms with E-state index < -0.39 is 0 Å². The van der Waals surface area contributed by atoms with Crippen LogP contribution in [-0.4, -0.2) is 47.5 Å². The fourth-order valence-electron chi connectivity index (χ4n) is 3.72. The van der Waals surface area contributed by atoms with Gasteiger partial charge >= 0.3 is 0 Å². The molecule has 0 spiro atoms. The average Bonchev–Trinajstić information content (AvgIpc) is 2.62. The van der Waals surface area contributed by atoms with Gasteiger partial charge in [0.1, 0.15) is 12.4 Å². The van der Waals surface area contributed by atoms with Crippen LogP contribution in [0.25, 0.3) is 0 Å². The lowest BCUT2D eigenvalue weighted by molar-refractivity contribution is -0.132. The van der Waals surface area contributed by atoms with Gasteiger partial charge in [-0.25, -0.2) is 4.98 Å². The van der Waals surface area contributed by atoms with Crippen LogP contribution in [0.3, 0.4) is 0 Å². The summed E-state index contributed by atoms with van der Waals surface area (Å²) in [5.41, 5.74) is 2.14. The molecule has 1 saturated heterocycles. The maximum absolute atomic E-state index is 13.0. The molecule has 5 nitrogen and oxygen atoms in total. The van der Waals surface area contributed by atoms with E-state index in [2.05, 4.69) is 24.2 Å².